The Balaban J connectivity index is 2.40. The minimum absolute atomic E-state index is 0.258. The first-order valence-electron chi connectivity index (χ1n) is 8.69. The summed E-state index contributed by atoms with van der Waals surface area (Å²) in [6.45, 7) is 4.01. The van der Waals surface area contributed by atoms with Crippen molar-refractivity contribution >= 4 is 33.2 Å². The first-order valence-corrected chi connectivity index (χ1v) is 10.9. The van der Waals surface area contributed by atoms with Gasteiger partial charge in [-0.3, -0.25) is 9.10 Å². The predicted molar refractivity (Wildman–Crippen MR) is 111 cm³/mol. The number of amides is 1. The monoisotopic (exact) mass is 408 g/mol. The van der Waals surface area contributed by atoms with Crippen LogP contribution >= 0.6 is 11.6 Å². The van der Waals surface area contributed by atoms with Crippen LogP contribution in [-0.4, -0.2) is 38.6 Å². The topological polar surface area (TPSA) is 57.7 Å². The Morgan fingerprint density at radius 2 is 1.78 bits per heavy atom. The Labute approximate surface area is 166 Å². The van der Waals surface area contributed by atoms with E-state index in [1.165, 1.54) is 4.31 Å². The van der Waals surface area contributed by atoms with E-state index in [4.69, 9.17) is 11.6 Å². The molecule has 27 heavy (non-hydrogen) atoms. The quantitative estimate of drug-likeness (QED) is 0.699. The minimum Gasteiger partial charge on any atom is -0.340 e. The van der Waals surface area contributed by atoms with Crippen molar-refractivity contribution in [2.24, 2.45) is 0 Å². The van der Waals surface area contributed by atoms with Gasteiger partial charge in [0.1, 0.15) is 6.04 Å². The highest BCUT2D eigenvalue weighted by molar-refractivity contribution is 7.92. The number of carbonyl (C=O) groups excluding carboxylic acids is 1. The normalized spacial score (nSPS) is 12.5. The van der Waals surface area contributed by atoms with Crippen LogP contribution in [0, 0.1) is 6.92 Å². The fourth-order valence-electron chi connectivity index (χ4n) is 3.03. The number of sulfonamides is 1. The van der Waals surface area contributed by atoms with E-state index >= 15 is 0 Å². The van der Waals surface area contributed by atoms with Crippen molar-refractivity contribution < 1.29 is 13.2 Å². The van der Waals surface area contributed by atoms with Crippen LogP contribution in [0.15, 0.2) is 48.5 Å². The molecule has 0 bridgehead atoms. The molecule has 0 aliphatic heterocycles. The van der Waals surface area contributed by atoms with Crippen LogP contribution in [0.25, 0.3) is 0 Å². The number of hydrogen-bond acceptors (Lipinski definition) is 3. The third kappa shape index (κ3) is 5.23. The van der Waals surface area contributed by atoms with E-state index in [0.717, 1.165) is 17.4 Å². The van der Waals surface area contributed by atoms with Crippen LogP contribution in [0.4, 0.5) is 5.69 Å². The summed E-state index contributed by atoms with van der Waals surface area (Å²) in [6, 6.07) is 13.8. The number of likely N-dealkylation sites (N-methyl/N-ethyl adjacent to an activating group) is 1. The Kier molecular flexibility index (Phi) is 6.89. The van der Waals surface area contributed by atoms with Crippen LogP contribution < -0.4 is 4.31 Å². The summed E-state index contributed by atoms with van der Waals surface area (Å²) in [5.74, 6) is -0.258. The number of anilines is 1. The van der Waals surface area contributed by atoms with E-state index in [1.807, 2.05) is 30.3 Å². The smallest absolute Gasteiger partial charge is 0.246 e. The van der Waals surface area contributed by atoms with Crippen LogP contribution in [0.2, 0.25) is 5.02 Å². The molecule has 0 unspecified atom stereocenters. The molecule has 2 aromatic rings. The lowest BCUT2D eigenvalue weighted by atomic mass is 10.1. The van der Waals surface area contributed by atoms with Gasteiger partial charge in [0.15, 0.2) is 0 Å². The largest absolute Gasteiger partial charge is 0.340 e. The van der Waals surface area contributed by atoms with Gasteiger partial charge < -0.3 is 4.90 Å². The molecule has 0 aliphatic carbocycles. The van der Waals surface area contributed by atoms with Gasteiger partial charge in [-0.05, 0) is 36.6 Å². The molecule has 146 valence electrons. The van der Waals surface area contributed by atoms with E-state index < -0.39 is 16.1 Å². The zero-order chi connectivity index (χ0) is 20.2. The third-order valence-electron chi connectivity index (χ3n) is 4.36. The summed E-state index contributed by atoms with van der Waals surface area (Å²) >= 11 is 6.09. The van der Waals surface area contributed by atoms with Gasteiger partial charge in [0.25, 0.3) is 0 Å². The van der Waals surface area contributed by atoms with Gasteiger partial charge in [0.2, 0.25) is 15.9 Å². The van der Waals surface area contributed by atoms with Gasteiger partial charge in [0, 0.05) is 18.6 Å². The van der Waals surface area contributed by atoms with E-state index in [-0.39, 0.29) is 5.91 Å². The molecule has 1 amide bonds. The molecule has 1 atom stereocenters. The maximum atomic E-state index is 13.1. The number of rotatable bonds is 7. The van der Waals surface area contributed by atoms with Crippen molar-refractivity contribution in [3.05, 3.63) is 64.7 Å². The maximum Gasteiger partial charge on any atom is 0.246 e. The van der Waals surface area contributed by atoms with Crippen LogP contribution in [0.5, 0.6) is 0 Å². The van der Waals surface area contributed by atoms with Crippen LogP contribution in [-0.2, 0) is 21.4 Å². The Morgan fingerprint density at radius 3 is 2.33 bits per heavy atom. The molecule has 0 saturated heterocycles. The molecule has 0 aromatic heterocycles. The summed E-state index contributed by atoms with van der Waals surface area (Å²) in [5.41, 5.74) is 2.15. The SMILES string of the molecule is CC[C@H](C(=O)N(C)Cc1ccccc1)N(c1cc(Cl)ccc1C)S(C)(=O)=O. The Hall–Kier alpha value is -2.05. The fourth-order valence-corrected chi connectivity index (χ4v) is 4.45. The molecule has 5 nitrogen and oxygen atoms in total. The molecular weight excluding hydrogens is 384 g/mol. The number of carbonyl (C=O) groups is 1. The van der Waals surface area contributed by atoms with Gasteiger partial charge >= 0.3 is 0 Å². The van der Waals surface area contributed by atoms with E-state index in [9.17, 15) is 13.2 Å². The standard InChI is InChI=1S/C20H25ClN2O3S/c1-5-18(20(24)22(3)14-16-9-7-6-8-10-16)23(27(4,25)26)19-13-17(21)12-11-15(19)2/h6-13,18H,5,14H2,1-4H3/t18-/m1/s1. The molecule has 0 N–H and O–H groups in total. The van der Waals surface area contributed by atoms with Crippen molar-refractivity contribution in [1.29, 1.82) is 0 Å². The zero-order valence-corrected chi connectivity index (χ0v) is 17.6. The van der Waals surface area contributed by atoms with Gasteiger partial charge in [-0.25, -0.2) is 8.42 Å². The first-order chi connectivity index (χ1) is 12.6. The number of aryl methyl sites for hydroxylation is 1. The lowest BCUT2D eigenvalue weighted by Crippen LogP contribution is -2.49. The van der Waals surface area contributed by atoms with Gasteiger partial charge in [-0.1, -0.05) is 54.9 Å². The number of hydrogen-bond donors (Lipinski definition) is 0. The predicted octanol–water partition coefficient (Wildman–Crippen LogP) is 3.85. The second-order valence-corrected chi connectivity index (χ2v) is 8.89. The summed E-state index contributed by atoms with van der Waals surface area (Å²) < 4.78 is 26.4. The molecule has 0 spiro atoms. The van der Waals surface area contributed by atoms with Crippen molar-refractivity contribution in [2.45, 2.75) is 32.9 Å². The molecule has 0 saturated carbocycles. The molecule has 2 aromatic carbocycles. The Morgan fingerprint density at radius 1 is 1.15 bits per heavy atom. The summed E-state index contributed by atoms with van der Waals surface area (Å²) in [6.07, 6.45) is 1.46. The summed E-state index contributed by atoms with van der Waals surface area (Å²) in [5, 5.41) is 0.421. The average Bonchev–Trinajstić information content (AvgIpc) is 2.61. The second-order valence-electron chi connectivity index (χ2n) is 6.59. The van der Waals surface area contributed by atoms with Gasteiger partial charge in [0.05, 0.1) is 11.9 Å². The number of halogens is 1. The summed E-state index contributed by atoms with van der Waals surface area (Å²) in [4.78, 5) is 14.7. The molecule has 0 heterocycles. The fraction of sp³-hybridized carbons (Fsp3) is 0.350. The molecule has 0 fully saturated rings. The number of nitrogens with zero attached hydrogens (tertiary/aromatic N) is 2. The third-order valence-corrected chi connectivity index (χ3v) is 5.76. The molecular formula is C20H25ClN2O3S. The van der Waals surface area contributed by atoms with Crippen LogP contribution in [0.1, 0.15) is 24.5 Å². The second kappa shape index (κ2) is 8.76. The highest BCUT2D eigenvalue weighted by atomic mass is 35.5. The number of benzene rings is 2. The first kappa shape index (κ1) is 21.3. The van der Waals surface area contributed by atoms with E-state index in [2.05, 4.69) is 0 Å². The highest BCUT2D eigenvalue weighted by Crippen LogP contribution is 2.29. The average molecular weight is 409 g/mol. The lowest BCUT2D eigenvalue weighted by Gasteiger charge is -2.33. The van der Waals surface area contributed by atoms with Crippen LogP contribution in [0.3, 0.4) is 0 Å². The van der Waals surface area contributed by atoms with Gasteiger partial charge in [-0.15, -0.1) is 0 Å². The highest BCUT2D eigenvalue weighted by Gasteiger charge is 2.34. The van der Waals surface area contributed by atoms with Crippen molar-refractivity contribution in [3.63, 3.8) is 0 Å². The maximum absolute atomic E-state index is 13.1. The minimum atomic E-state index is -3.69. The van der Waals surface area contributed by atoms with Gasteiger partial charge in [-0.2, -0.15) is 0 Å². The molecule has 2 rings (SSSR count). The van der Waals surface area contributed by atoms with E-state index in [0.29, 0.717) is 23.7 Å². The van der Waals surface area contributed by atoms with Crippen molar-refractivity contribution in [2.75, 3.05) is 17.6 Å². The molecule has 7 heteroatoms. The zero-order valence-electron chi connectivity index (χ0n) is 16.0. The molecule has 0 aliphatic rings. The van der Waals surface area contributed by atoms with Crippen molar-refractivity contribution in [3.8, 4) is 0 Å². The summed E-state index contributed by atoms with van der Waals surface area (Å²) in [7, 11) is -2.01. The lowest BCUT2D eigenvalue weighted by molar-refractivity contribution is -0.131. The Bertz CT molecular complexity index is 901. The van der Waals surface area contributed by atoms with E-state index in [1.54, 1.807) is 44.0 Å². The molecule has 0 radical (unpaired) electrons. The van der Waals surface area contributed by atoms with Crippen molar-refractivity contribution in [1.82, 2.24) is 4.90 Å².